The van der Waals surface area contributed by atoms with Gasteiger partial charge in [0, 0.05) is 6.04 Å². The Kier molecular flexibility index (Phi) is 4.30. The van der Waals surface area contributed by atoms with E-state index in [0.717, 1.165) is 5.69 Å². The van der Waals surface area contributed by atoms with E-state index in [4.69, 9.17) is 17.4 Å². The number of aromatic nitrogens is 2. The molecule has 1 aromatic rings. The largest absolute Gasteiger partial charge is 0.271 e. The van der Waals surface area contributed by atoms with Gasteiger partial charge in [0.05, 0.1) is 23.0 Å². The normalized spacial score (nSPS) is 25.9. The lowest BCUT2D eigenvalue weighted by Crippen LogP contribution is -2.36. The zero-order chi connectivity index (χ0) is 13.3. The molecular formula is C13H23ClN4. The smallest absolute Gasteiger partial charge is 0.0834 e. The van der Waals surface area contributed by atoms with E-state index in [1.165, 1.54) is 19.3 Å². The maximum atomic E-state index is 6.31. The zero-order valence-corrected chi connectivity index (χ0v) is 12.1. The molecule has 1 heterocycles. The van der Waals surface area contributed by atoms with E-state index in [1.54, 1.807) is 6.20 Å². The summed E-state index contributed by atoms with van der Waals surface area (Å²) in [4.78, 5) is 0. The number of hydrogen-bond donors (Lipinski definition) is 2. The van der Waals surface area contributed by atoms with Crippen LogP contribution in [0.1, 0.15) is 57.8 Å². The van der Waals surface area contributed by atoms with E-state index in [0.29, 0.717) is 22.9 Å². The van der Waals surface area contributed by atoms with Gasteiger partial charge < -0.3 is 0 Å². The van der Waals surface area contributed by atoms with Gasteiger partial charge in [0.1, 0.15) is 0 Å². The van der Waals surface area contributed by atoms with Crippen LogP contribution in [-0.4, -0.2) is 9.78 Å². The number of hydrazine groups is 1. The molecule has 1 saturated carbocycles. The van der Waals surface area contributed by atoms with E-state index in [9.17, 15) is 0 Å². The van der Waals surface area contributed by atoms with Crippen molar-refractivity contribution < 1.29 is 0 Å². The van der Waals surface area contributed by atoms with Crippen molar-refractivity contribution in [2.45, 2.75) is 52.1 Å². The Balaban J connectivity index is 2.35. The maximum absolute atomic E-state index is 6.31. The van der Waals surface area contributed by atoms with Crippen molar-refractivity contribution >= 4 is 11.6 Å². The van der Waals surface area contributed by atoms with Crippen LogP contribution >= 0.6 is 11.6 Å². The van der Waals surface area contributed by atoms with E-state index in [1.807, 2.05) is 4.68 Å². The average Bonchev–Trinajstić information content (AvgIpc) is 2.89. The predicted molar refractivity (Wildman–Crippen MR) is 74.2 cm³/mol. The van der Waals surface area contributed by atoms with Gasteiger partial charge in [-0.25, -0.2) is 0 Å². The monoisotopic (exact) mass is 270 g/mol. The van der Waals surface area contributed by atoms with Crippen molar-refractivity contribution in [3.05, 3.63) is 16.9 Å². The lowest BCUT2D eigenvalue weighted by Gasteiger charge is -2.28. The third kappa shape index (κ3) is 2.42. The molecule has 2 rings (SSSR count). The summed E-state index contributed by atoms with van der Waals surface area (Å²) in [5.41, 5.74) is 4.00. The number of nitrogens with two attached hydrogens (primary N) is 1. The first kappa shape index (κ1) is 13.8. The van der Waals surface area contributed by atoms with Crippen LogP contribution in [0.2, 0.25) is 5.02 Å². The highest BCUT2D eigenvalue weighted by molar-refractivity contribution is 6.31. The molecule has 3 N–H and O–H groups in total. The van der Waals surface area contributed by atoms with Gasteiger partial charge >= 0.3 is 0 Å². The van der Waals surface area contributed by atoms with Crippen molar-refractivity contribution in [2.75, 3.05) is 0 Å². The minimum Gasteiger partial charge on any atom is -0.271 e. The minimum atomic E-state index is 0.0971. The van der Waals surface area contributed by atoms with Crippen LogP contribution in [0.5, 0.6) is 0 Å². The van der Waals surface area contributed by atoms with Crippen molar-refractivity contribution in [1.29, 1.82) is 0 Å². The first-order valence-electron chi connectivity index (χ1n) is 6.75. The van der Waals surface area contributed by atoms with Gasteiger partial charge in [-0.3, -0.25) is 16.0 Å². The number of halogens is 1. The lowest BCUT2D eigenvalue weighted by molar-refractivity contribution is 0.286. The molecule has 1 aromatic heterocycles. The summed E-state index contributed by atoms with van der Waals surface area (Å²) in [6.45, 7) is 6.52. The van der Waals surface area contributed by atoms with E-state index in [-0.39, 0.29) is 6.04 Å². The quantitative estimate of drug-likeness (QED) is 0.653. The van der Waals surface area contributed by atoms with Crippen LogP contribution in [0.3, 0.4) is 0 Å². The van der Waals surface area contributed by atoms with Crippen LogP contribution in [0.15, 0.2) is 6.20 Å². The van der Waals surface area contributed by atoms with Crippen molar-refractivity contribution in [1.82, 2.24) is 15.2 Å². The molecule has 4 nitrogen and oxygen atoms in total. The molecule has 1 aliphatic carbocycles. The summed E-state index contributed by atoms with van der Waals surface area (Å²) in [7, 11) is 0. The number of hydrogen-bond acceptors (Lipinski definition) is 3. The van der Waals surface area contributed by atoms with E-state index >= 15 is 0 Å². The molecule has 3 atom stereocenters. The Bertz CT molecular complexity index is 402. The van der Waals surface area contributed by atoms with Crippen molar-refractivity contribution in [3.63, 3.8) is 0 Å². The van der Waals surface area contributed by atoms with Gasteiger partial charge in [0.15, 0.2) is 0 Å². The number of nitrogens with one attached hydrogen (secondary N) is 1. The van der Waals surface area contributed by atoms with Gasteiger partial charge in [0.2, 0.25) is 0 Å². The number of rotatable bonds is 4. The molecule has 3 unspecified atom stereocenters. The average molecular weight is 271 g/mol. The van der Waals surface area contributed by atoms with Gasteiger partial charge in [-0.1, -0.05) is 31.4 Å². The molecule has 0 aromatic carbocycles. The molecule has 0 bridgehead atoms. The molecule has 0 radical (unpaired) electrons. The first-order chi connectivity index (χ1) is 8.56. The fourth-order valence-electron chi connectivity index (χ4n) is 3.13. The van der Waals surface area contributed by atoms with Crippen LogP contribution in [0.25, 0.3) is 0 Å². The topological polar surface area (TPSA) is 55.9 Å². The Labute approximate surface area is 114 Å². The fraction of sp³-hybridized carbons (Fsp3) is 0.769. The zero-order valence-electron chi connectivity index (χ0n) is 11.4. The molecule has 5 heteroatoms. The fourth-order valence-corrected chi connectivity index (χ4v) is 3.38. The Morgan fingerprint density at radius 3 is 2.72 bits per heavy atom. The molecular weight excluding hydrogens is 248 g/mol. The van der Waals surface area contributed by atoms with Crippen molar-refractivity contribution in [2.24, 2.45) is 17.7 Å². The Hall–Kier alpha value is -0.580. The summed E-state index contributed by atoms with van der Waals surface area (Å²) >= 11 is 6.31. The van der Waals surface area contributed by atoms with E-state index < -0.39 is 0 Å². The van der Waals surface area contributed by atoms with Gasteiger partial charge in [-0.15, -0.1) is 0 Å². The molecule has 0 amide bonds. The SMILES string of the molecule is CC1CCCC1C(NN)c1c(Cl)cnn1C(C)C. The molecule has 102 valence electrons. The molecule has 0 aliphatic heterocycles. The second-order valence-electron chi connectivity index (χ2n) is 5.63. The maximum Gasteiger partial charge on any atom is 0.0834 e. The molecule has 1 fully saturated rings. The third-order valence-corrected chi connectivity index (χ3v) is 4.40. The molecule has 1 aliphatic rings. The van der Waals surface area contributed by atoms with Crippen LogP contribution in [0.4, 0.5) is 0 Å². The van der Waals surface area contributed by atoms with Gasteiger partial charge in [0.25, 0.3) is 0 Å². The highest BCUT2D eigenvalue weighted by atomic mass is 35.5. The highest BCUT2D eigenvalue weighted by Crippen LogP contribution is 2.41. The summed E-state index contributed by atoms with van der Waals surface area (Å²) in [6, 6.07) is 0.389. The van der Waals surface area contributed by atoms with Crippen LogP contribution in [0, 0.1) is 11.8 Å². The van der Waals surface area contributed by atoms with E-state index in [2.05, 4.69) is 31.3 Å². The van der Waals surface area contributed by atoms with Crippen molar-refractivity contribution in [3.8, 4) is 0 Å². The Morgan fingerprint density at radius 2 is 2.22 bits per heavy atom. The second kappa shape index (κ2) is 5.59. The first-order valence-corrected chi connectivity index (χ1v) is 7.13. The predicted octanol–water partition coefficient (Wildman–Crippen LogP) is 3.06. The minimum absolute atomic E-state index is 0.0971. The highest BCUT2D eigenvalue weighted by Gasteiger charge is 2.34. The Morgan fingerprint density at radius 1 is 1.50 bits per heavy atom. The number of nitrogens with zero attached hydrogens (tertiary/aromatic N) is 2. The molecule has 0 spiro atoms. The van der Waals surface area contributed by atoms with Crippen LogP contribution in [-0.2, 0) is 0 Å². The lowest BCUT2D eigenvalue weighted by atomic mass is 9.88. The summed E-state index contributed by atoms with van der Waals surface area (Å²) in [5, 5.41) is 5.08. The summed E-state index contributed by atoms with van der Waals surface area (Å²) in [5.74, 6) is 7.02. The molecule has 0 saturated heterocycles. The van der Waals surface area contributed by atoms with Crippen LogP contribution < -0.4 is 11.3 Å². The summed E-state index contributed by atoms with van der Waals surface area (Å²) in [6.07, 6.45) is 5.48. The second-order valence-corrected chi connectivity index (χ2v) is 6.04. The third-order valence-electron chi connectivity index (χ3n) is 4.11. The molecule has 18 heavy (non-hydrogen) atoms. The van der Waals surface area contributed by atoms with Gasteiger partial charge in [-0.05, 0) is 32.1 Å². The summed E-state index contributed by atoms with van der Waals surface area (Å²) < 4.78 is 1.98. The van der Waals surface area contributed by atoms with Gasteiger partial charge in [-0.2, -0.15) is 5.10 Å². The standard InChI is InChI=1S/C13H23ClN4/c1-8(2)18-13(11(14)7-16-18)12(17-15)10-6-4-5-9(10)3/h7-10,12,17H,4-6,15H2,1-3H3.